The lowest BCUT2D eigenvalue weighted by Crippen LogP contribution is -2.56. The minimum Gasteiger partial charge on any atom is -0.487 e. The lowest BCUT2D eigenvalue weighted by atomic mass is 10.1. The zero-order chi connectivity index (χ0) is 19.1. The number of nitrogens with zero attached hydrogens (tertiary/aromatic N) is 3. The minimum absolute atomic E-state index is 0.00195. The third-order valence-corrected chi connectivity index (χ3v) is 4.64. The molecule has 27 heavy (non-hydrogen) atoms. The van der Waals surface area contributed by atoms with Gasteiger partial charge in [-0.05, 0) is 30.3 Å². The number of aromatic amines is 1. The highest BCUT2D eigenvalue weighted by Gasteiger charge is 2.33. The Morgan fingerprint density at radius 3 is 2.59 bits per heavy atom. The SMILES string of the molecule is Cn1c(=O)[nH]c2cc(C(=O)N3CC(Oc4ccc([N+](=O)[O-])cc4)C3)ccc21. The van der Waals surface area contributed by atoms with Gasteiger partial charge in [0.15, 0.2) is 0 Å². The van der Waals surface area contributed by atoms with E-state index in [1.54, 1.807) is 42.3 Å². The van der Waals surface area contributed by atoms with Crippen LogP contribution in [-0.2, 0) is 7.05 Å². The number of likely N-dealkylation sites (tertiary alicyclic amines) is 1. The summed E-state index contributed by atoms with van der Waals surface area (Å²) in [5, 5.41) is 10.7. The van der Waals surface area contributed by atoms with Crippen molar-refractivity contribution in [3.05, 3.63) is 68.6 Å². The van der Waals surface area contributed by atoms with Crippen LogP contribution >= 0.6 is 0 Å². The average Bonchev–Trinajstić information content (AvgIpc) is 2.91. The van der Waals surface area contributed by atoms with Gasteiger partial charge in [-0.1, -0.05) is 0 Å². The van der Waals surface area contributed by atoms with Crippen molar-refractivity contribution in [2.45, 2.75) is 6.10 Å². The monoisotopic (exact) mass is 368 g/mol. The number of ether oxygens (including phenoxy) is 1. The molecule has 0 saturated carbocycles. The van der Waals surface area contributed by atoms with E-state index in [0.29, 0.717) is 29.9 Å². The van der Waals surface area contributed by atoms with Crippen molar-refractivity contribution in [2.75, 3.05) is 13.1 Å². The fraction of sp³-hybridized carbons (Fsp3) is 0.222. The van der Waals surface area contributed by atoms with Crippen LogP contribution < -0.4 is 10.4 Å². The molecule has 1 aliphatic heterocycles. The van der Waals surface area contributed by atoms with E-state index in [0.717, 1.165) is 5.52 Å². The van der Waals surface area contributed by atoms with Gasteiger partial charge in [-0.25, -0.2) is 4.79 Å². The first-order valence-electron chi connectivity index (χ1n) is 8.31. The number of carbonyl (C=O) groups excluding carboxylic acids is 1. The average molecular weight is 368 g/mol. The topological polar surface area (TPSA) is 110 Å². The number of aryl methyl sites for hydroxylation is 1. The molecule has 0 aliphatic carbocycles. The number of nitro benzene ring substituents is 1. The molecule has 0 radical (unpaired) electrons. The van der Waals surface area contributed by atoms with Crippen LogP contribution in [0.4, 0.5) is 5.69 Å². The van der Waals surface area contributed by atoms with Crippen LogP contribution in [0.2, 0.25) is 0 Å². The summed E-state index contributed by atoms with van der Waals surface area (Å²) in [6, 6.07) is 11.0. The van der Waals surface area contributed by atoms with E-state index in [-0.39, 0.29) is 23.4 Å². The summed E-state index contributed by atoms with van der Waals surface area (Å²) in [7, 11) is 1.66. The molecule has 2 heterocycles. The fourth-order valence-electron chi connectivity index (χ4n) is 3.07. The van der Waals surface area contributed by atoms with Gasteiger partial charge >= 0.3 is 5.69 Å². The zero-order valence-electron chi connectivity index (χ0n) is 14.4. The first-order chi connectivity index (χ1) is 12.9. The smallest absolute Gasteiger partial charge is 0.326 e. The van der Waals surface area contributed by atoms with E-state index in [1.165, 1.54) is 16.7 Å². The van der Waals surface area contributed by atoms with E-state index >= 15 is 0 Å². The molecule has 1 aromatic heterocycles. The van der Waals surface area contributed by atoms with Crippen molar-refractivity contribution < 1.29 is 14.5 Å². The molecular weight excluding hydrogens is 352 g/mol. The third kappa shape index (κ3) is 3.03. The fourth-order valence-corrected chi connectivity index (χ4v) is 3.07. The molecule has 1 amide bonds. The van der Waals surface area contributed by atoms with E-state index in [1.807, 2.05) is 0 Å². The molecule has 2 aromatic carbocycles. The molecule has 3 aromatic rings. The highest BCUT2D eigenvalue weighted by Crippen LogP contribution is 2.23. The van der Waals surface area contributed by atoms with Crippen LogP contribution in [0.3, 0.4) is 0 Å². The third-order valence-electron chi connectivity index (χ3n) is 4.64. The molecule has 9 nitrogen and oxygen atoms in total. The van der Waals surface area contributed by atoms with Gasteiger partial charge in [0.2, 0.25) is 0 Å². The summed E-state index contributed by atoms with van der Waals surface area (Å²) in [5.74, 6) is 0.395. The molecule has 0 bridgehead atoms. The Labute approximate surface area is 152 Å². The number of non-ortho nitro benzene ring substituents is 1. The Morgan fingerprint density at radius 1 is 1.22 bits per heavy atom. The van der Waals surface area contributed by atoms with Crippen molar-refractivity contribution in [1.29, 1.82) is 0 Å². The van der Waals surface area contributed by atoms with Crippen LogP contribution in [0.25, 0.3) is 11.0 Å². The number of hydrogen-bond donors (Lipinski definition) is 1. The predicted molar refractivity (Wildman–Crippen MR) is 97.0 cm³/mol. The Morgan fingerprint density at radius 2 is 1.93 bits per heavy atom. The number of fused-ring (bicyclic) bond motifs is 1. The molecule has 1 N–H and O–H groups in total. The first kappa shape index (κ1) is 16.8. The maximum Gasteiger partial charge on any atom is 0.326 e. The second-order valence-corrected chi connectivity index (χ2v) is 6.42. The van der Waals surface area contributed by atoms with Crippen LogP contribution in [0.5, 0.6) is 5.75 Å². The number of imidazole rings is 1. The first-order valence-corrected chi connectivity index (χ1v) is 8.31. The predicted octanol–water partition coefficient (Wildman–Crippen LogP) is 1.68. The van der Waals surface area contributed by atoms with E-state index in [4.69, 9.17) is 4.74 Å². The molecule has 0 unspecified atom stereocenters. The van der Waals surface area contributed by atoms with E-state index < -0.39 is 4.92 Å². The Bertz CT molecular complexity index is 1090. The van der Waals surface area contributed by atoms with Gasteiger partial charge in [-0.3, -0.25) is 19.5 Å². The number of carbonyl (C=O) groups is 1. The molecule has 1 aliphatic rings. The van der Waals surface area contributed by atoms with E-state index in [2.05, 4.69) is 4.98 Å². The van der Waals surface area contributed by atoms with Gasteiger partial charge in [0, 0.05) is 24.7 Å². The lowest BCUT2D eigenvalue weighted by molar-refractivity contribution is -0.384. The highest BCUT2D eigenvalue weighted by molar-refractivity contribution is 5.97. The number of aromatic nitrogens is 2. The van der Waals surface area contributed by atoms with Crippen LogP contribution in [-0.4, -0.2) is 44.5 Å². The van der Waals surface area contributed by atoms with Crippen molar-refractivity contribution in [3.8, 4) is 5.75 Å². The van der Waals surface area contributed by atoms with Crippen molar-refractivity contribution >= 4 is 22.6 Å². The highest BCUT2D eigenvalue weighted by atomic mass is 16.6. The largest absolute Gasteiger partial charge is 0.487 e. The molecule has 1 fully saturated rings. The summed E-state index contributed by atoms with van der Waals surface area (Å²) < 4.78 is 7.21. The lowest BCUT2D eigenvalue weighted by Gasteiger charge is -2.39. The van der Waals surface area contributed by atoms with Crippen LogP contribution in [0.15, 0.2) is 47.3 Å². The normalized spacial score (nSPS) is 14.2. The molecule has 0 spiro atoms. The van der Waals surface area contributed by atoms with Gasteiger partial charge in [-0.15, -0.1) is 0 Å². The Kier molecular flexibility index (Phi) is 3.91. The van der Waals surface area contributed by atoms with Gasteiger partial charge < -0.3 is 14.6 Å². The molecule has 9 heteroatoms. The number of nitrogens with one attached hydrogen (secondary N) is 1. The Balaban J connectivity index is 1.39. The number of amides is 1. The van der Waals surface area contributed by atoms with Crippen molar-refractivity contribution in [2.24, 2.45) is 7.05 Å². The second kappa shape index (κ2) is 6.27. The number of H-pyrrole nitrogens is 1. The molecule has 0 atom stereocenters. The van der Waals surface area contributed by atoms with E-state index in [9.17, 15) is 19.7 Å². The molecule has 138 valence electrons. The number of benzene rings is 2. The summed E-state index contributed by atoms with van der Waals surface area (Å²) in [6.07, 6.45) is -0.157. The molecule has 4 rings (SSSR count). The van der Waals surface area contributed by atoms with Crippen molar-refractivity contribution in [1.82, 2.24) is 14.5 Å². The van der Waals surface area contributed by atoms with Crippen LogP contribution in [0.1, 0.15) is 10.4 Å². The molecule has 1 saturated heterocycles. The van der Waals surface area contributed by atoms with Crippen molar-refractivity contribution in [3.63, 3.8) is 0 Å². The van der Waals surface area contributed by atoms with Gasteiger partial charge in [0.1, 0.15) is 11.9 Å². The second-order valence-electron chi connectivity index (χ2n) is 6.42. The quantitative estimate of drug-likeness (QED) is 0.556. The standard InChI is InChI=1S/C18H16N4O5/c1-20-16-7-2-11(8-15(16)19-18(20)24)17(23)21-9-14(10-21)27-13-5-3-12(4-6-13)22(25)26/h2-8,14H,9-10H2,1H3,(H,19,24). The summed E-state index contributed by atoms with van der Waals surface area (Å²) in [4.78, 5) is 38.8. The zero-order valence-corrected chi connectivity index (χ0v) is 14.4. The van der Waals surface area contributed by atoms with Gasteiger partial charge in [0.05, 0.1) is 29.0 Å². The number of hydrogen-bond acceptors (Lipinski definition) is 5. The summed E-state index contributed by atoms with van der Waals surface area (Å²) >= 11 is 0. The maximum atomic E-state index is 12.6. The number of nitro groups is 1. The van der Waals surface area contributed by atoms with Gasteiger partial charge in [0.25, 0.3) is 11.6 Å². The maximum absolute atomic E-state index is 12.6. The summed E-state index contributed by atoms with van der Waals surface area (Å²) in [5.41, 5.74) is 1.63. The number of rotatable bonds is 4. The minimum atomic E-state index is -0.468. The van der Waals surface area contributed by atoms with Crippen LogP contribution in [0, 0.1) is 10.1 Å². The molecular formula is C18H16N4O5. The Hall–Kier alpha value is -3.62. The summed E-state index contributed by atoms with van der Waals surface area (Å²) in [6.45, 7) is 0.859. The van der Waals surface area contributed by atoms with Gasteiger partial charge in [-0.2, -0.15) is 0 Å².